The van der Waals surface area contributed by atoms with Crippen LogP contribution in [0.2, 0.25) is 0 Å². The van der Waals surface area contributed by atoms with Gasteiger partial charge in [-0.1, -0.05) is 61.5 Å². The predicted octanol–water partition coefficient (Wildman–Crippen LogP) is 7.10. The van der Waals surface area contributed by atoms with E-state index >= 15 is 0 Å². The van der Waals surface area contributed by atoms with Gasteiger partial charge in [0.1, 0.15) is 0 Å². The Kier molecular flexibility index (Phi) is 9.55. The number of aliphatic carboxylic acids is 1. The molecule has 0 spiro atoms. The first kappa shape index (κ1) is 27.4. The number of amides is 1. The van der Waals surface area contributed by atoms with Crippen LogP contribution in [-0.2, 0) is 22.4 Å². The molecule has 1 heterocycles. The van der Waals surface area contributed by atoms with Crippen molar-refractivity contribution in [3.8, 4) is 10.4 Å². The molecular formula is C32H36N2O3S. The van der Waals surface area contributed by atoms with Crippen molar-refractivity contribution in [2.45, 2.75) is 64.5 Å². The summed E-state index contributed by atoms with van der Waals surface area (Å²) in [6.07, 6.45) is 10.7. The first-order valence-corrected chi connectivity index (χ1v) is 14.2. The monoisotopic (exact) mass is 528 g/mol. The van der Waals surface area contributed by atoms with Crippen LogP contribution in [-0.4, -0.2) is 29.1 Å². The molecular weight excluding hydrogens is 492 g/mol. The van der Waals surface area contributed by atoms with Gasteiger partial charge in [0.15, 0.2) is 0 Å². The Morgan fingerprint density at radius 1 is 1.05 bits per heavy atom. The van der Waals surface area contributed by atoms with Crippen molar-refractivity contribution < 1.29 is 14.7 Å². The van der Waals surface area contributed by atoms with Crippen LogP contribution in [0.15, 0.2) is 78.2 Å². The van der Waals surface area contributed by atoms with E-state index in [0.717, 1.165) is 36.1 Å². The molecule has 3 N–H and O–H groups in total. The summed E-state index contributed by atoms with van der Waals surface area (Å²) in [6, 6.07) is 18.2. The molecule has 1 amide bonds. The second-order valence-corrected chi connectivity index (χ2v) is 10.8. The molecule has 3 aromatic rings. The van der Waals surface area contributed by atoms with Crippen molar-refractivity contribution in [3.05, 3.63) is 94.9 Å². The third-order valence-corrected chi connectivity index (χ3v) is 7.91. The second kappa shape index (κ2) is 13.2. The molecule has 0 bridgehead atoms. The average molecular weight is 529 g/mol. The van der Waals surface area contributed by atoms with Crippen LogP contribution in [0.25, 0.3) is 16.0 Å². The molecule has 0 saturated heterocycles. The van der Waals surface area contributed by atoms with E-state index in [-0.39, 0.29) is 24.4 Å². The topological polar surface area (TPSA) is 78.4 Å². The van der Waals surface area contributed by atoms with Gasteiger partial charge in [0, 0.05) is 29.1 Å². The Bertz CT molecular complexity index is 1310. The maximum atomic E-state index is 12.7. The number of carboxylic acids is 1. The van der Waals surface area contributed by atoms with E-state index in [2.05, 4.69) is 71.5 Å². The molecule has 0 aliphatic heterocycles. The summed E-state index contributed by atoms with van der Waals surface area (Å²) in [5, 5.41) is 17.9. The quantitative estimate of drug-likeness (QED) is 0.234. The molecule has 0 radical (unpaired) electrons. The summed E-state index contributed by atoms with van der Waals surface area (Å²) in [5.74, 6) is -0.818. The molecule has 0 fully saturated rings. The first-order chi connectivity index (χ1) is 18.4. The van der Waals surface area contributed by atoms with Gasteiger partial charge in [-0.15, -0.1) is 11.3 Å². The Balaban J connectivity index is 1.27. The number of thiophene rings is 1. The fraction of sp³-hybridized carbons (Fsp3) is 0.312. The van der Waals surface area contributed by atoms with E-state index < -0.39 is 5.97 Å². The average Bonchev–Trinajstić information content (AvgIpc) is 3.41. The molecule has 2 atom stereocenters. The number of carboxylic acid groups (broad SMARTS) is 1. The highest BCUT2D eigenvalue weighted by molar-refractivity contribution is 7.13. The fourth-order valence-electron chi connectivity index (χ4n) is 4.76. The molecule has 198 valence electrons. The van der Waals surface area contributed by atoms with Crippen LogP contribution in [0.3, 0.4) is 0 Å². The maximum Gasteiger partial charge on any atom is 0.307 e. The van der Waals surface area contributed by atoms with E-state index in [1.165, 1.54) is 21.6 Å². The van der Waals surface area contributed by atoms with Gasteiger partial charge in [0.25, 0.3) is 0 Å². The van der Waals surface area contributed by atoms with Gasteiger partial charge in [-0.2, -0.15) is 0 Å². The fourth-order valence-corrected chi connectivity index (χ4v) is 5.70. The lowest BCUT2D eigenvalue weighted by Gasteiger charge is -2.26. The van der Waals surface area contributed by atoms with Crippen molar-refractivity contribution in [2.24, 2.45) is 0 Å². The lowest BCUT2D eigenvalue weighted by atomic mass is 9.99. The molecule has 1 aliphatic rings. The lowest BCUT2D eigenvalue weighted by Crippen LogP contribution is -2.45. The highest BCUT2D eigenvalue weighted by Crippen LogP contribution is 2.33. The molecule has 1 aromatic heterocycles. The molecule has 1 aliphatic carbocycles. The zero-order valence-electron chi connectivity index (χ0n) is 22.1. The van der Waals surface area contributed by atoms with Crippen LogP contribution in [0.1, 0.15) is 56.2 Å². The number of aryl methyl sites for hydroxylation is 1. The number of carbonyl (C=O) groups is 2. The number of nitrogens with one attached hydrogen (secondary N) is 2. The van der Waals surface area contributed by atoms with Crippen molar-refractivity contribution >= 4 is 34.5 Å². The van der Waals surface area contributed by atoms with Gasteiger partial charge in [-0.3, -0.25) is 9.59 Å². The summed E-state index contributed by atoms with van der Waals surface area (Å²) < 4.78 is 0. The molecule has 38 heavy (non-hydrogen) atoms. The van der Waals surface area contributed by atoms with Crippen LogP contribution < -0.4 is 10.6 Å². The lowest BCUT2D eigenvalue weighted by molar-refractivity contribution is -0.136. The standard InChI is InChI=1S/C32H36N2O3S/c1-3-29(22(2)33-28-11-7-8-24(18-28)19-32(36)37)34-31(35)17-14-23-12-15-26(16-13-23)30-20-27(21-38-30)25-9-5-4-6-10-25/h4-5,7-9,11-13,15-16,18,20-22,29,33H,3,6,10,14,17,19H2,1-2H3,(H,34,35)(H,36,37). The SMILES string of the molecule is CCC(NC(=O)CCc1ccc(-c2cc(C3=CC=CCC3)cs2)cc1)C(C)Nc1cccc(CC(=O)O)c1. The Hall–Kier alpha value is -3.64. The normalized spacial score (nSPS) is 14.4. The molecule has 4 rings (SSSR count). The van der Waals surface area contributed by atoms with E-state index in [1.807, 2.05) is 25.1 Å². The smallest absolute Gasteiger partial charge is 0.307 e. The third kappa shape index (κ3) is 7.68. The summed E-state index contributed by atoms with van der Waals surface area (Å²) in [4.78, 5) is 25.0. The van der Waals surface area contributed by atoms with Crippen molar-refractivity contribution in [1.29, 1.82) is 0 Å². The van der Waals surface area contributed by atoms with E-state index in [4.69, 9.17) is 5.11 Å². The summed E-state index contributed by atoms with van der Waals surface area (Å²) in [7, 11) is 0. The highest BCUT2D eigenvalue weighted by atomic mass is 32.1. The molecule has 2 aromatic carbocycles. The van der Waals surface area contributed by atoms with E-state index in [1.54, 1.807) is 17.4 Å². The number of anilines is 1. The molecule has 0 saturated carbocycles. The second-order valence-electron chi connectivity index (χ2n) is 9.84. The zero-order chi connectivity index (χ0) is 26.9. The number of hydrogen-bond acceptors (Lipinski definition) is 4. The molecule has 2 unspecified atom stereocenters. The minimum absolute atomic E-state index is 0.000561. The Labute approximate surface area is 229 Å². The van der Waals surface area contributed by atoms with Gasteiger partial charge in [-0.25, -0.2) is 0 Å². The van der Waals surface area contributed by atoms with Gasteiger partial charge >= 0.3 is 5.97 Å². The van der Waals surface area contributed by atoms with Crippen molar-refractivity contribution in [3.63, 3.8) is 0 Å². The zero-order valence-corrected chi connectivity index (χ0v) is 22.9. The van der Waals surface area contributed by atoms with Gasteiger partial charge in [-0.05, 0) is 84.0 Å². The number of allylic oxidation sites excluding steroid dienone is 4. The van der Waals surface area contributed by atoms with Crippen molar-refractivity contribution in [1.82, 2.24) is 5.32 Å². The predicted molar refractivity (Wildman–Crippen MR) is 158 cm³/mol. The molecule has 6 heteroatoms. The van der Waals surface area contributed by atoms with E-state index in [0.29, 0.717) is 12.8 Å². The number of hydrogen-bond donors (Lipinski definition) is 3. The van der Waals surface area contributed by atoms with Crippen LogP contribution in [0.4, 0.5) is 5.69 Å². The largest absolute Gasteiger partial charge is 0.481 e. The Morgan fingerprint density at radius 2 is 1.87 bits per heavy atom. The van der Waals surface area contributed by atoms with Crippen molar-refractivity contribution in [2.75, 3.05) is 5.32 Å². The summed E-state index contributed by atoms with van der Waals surface area (Å²) in [5.41, 5.74) is 6.68. The number of rotatable bonds is 12. The molecule has 5 nitrogen and oxygen atoms in total. The summed E-state index contributed by atoms with van der Waals surface area (Å²) in [6.45, 7) is 4.09. The summed E-state index contributed by atoms with van der Waals surface area (Å²) >= 11 is 1.77. The minimum atomic E-state index is -0.852. The maximum absolute atomic E-state index is 12.7. The van der Waals surface area contributed by atoms with Crippen LogP contribution >= 0.6 is 11.3 Å². The number of benzene rings is 2. The van der Waals surface area contributed by atoms with Gasteiger partial charge < -0.3 is 15.7 Å². The minimum Gasteiger partial charge on any atom is -0.481 e. The van der Waals surface area contributed by atoms with Gasteiger partial charge in [0.2, 0.25) is 5.91 Å². The Morgan fingerprint density at radius 3 is 2.58 bits per heavy atom. The van der Waals surface area contributed by atoms with Crippen LogP contribution in [0, 0.1) is 0 Å². The van der Waals surface area contributed by atoms with E-state index in [9.17, 15) is 9.59 Å². The van der Waals surface area contributed by atoms with Crippen LogP contribution in [0.5, 0.6) is 0 Å². The van der Waals surface area contributed by atoms with Gasteiger partial charge in [0.05, 0.1) is 6.42 Å². The first-order valence-electron chi connectivity index (χ1n) is 13.3. The third-order valence-electron chi connectivity index (χ3n) is 6.93. The number of carbonyl (C=O) groups excluding carboxylic acids is 1. The highest BCUT2D eigenvalue weighted by Gasteiger charge is 2.18.